The highest BCUT2D eigenvalue weighted by Gasteiger charge is 2.37. The van der Waals surface area contributed by atoms with Crippen LogP contribution in [0.2, 0.25) is 0 Å². The van der Waals surface area contributed by atoms with Gasteiger partial charge in [0.25, 0.3) is 0 Å². The van der Waals surface area contributed by atoms with Gasteiger partial charge in [-0.2, -0.15) is 0 Å². The lowest BCUT2D eigenvalue weighted by Crippen LogP contribution is -2.41. The minimum atomic E-state index is 0.209. The highest BCUT2D eigenvalue weighted by molar-refractivity contribution is 5.79. The van der Waals surface area contributed by atoms with Crippen molar-refractivity contribution in [3.63, 3.8) is 0 Å². The summed E-state index contributed by atoms with van der Waals surface area (Å²) >= 11 is 0. The first-order valence-electron chi connectivity index (χ1n) is 7.94. The molecule has 1 amide bonds. The minimum Gasteiger partial charge on any atom is -0.341 e. The summed E-state index contributed by atoms with van der Waals surface area (Å²) in [7, 11) is 0. The lowest BCUT2D eigenvalue weighted by Gasteiger charge is -2.28. The van der Waals surface area contributed by atoms with Gasteiger partial charge in [0.05, 0.1) is 0 Å². The second kappa shape index (κ2) is 6.71. The lowest BCUT2D eigenvalue weighted by molar-refractivity contribution is -0.135. The average Bonchev–Trinajstić information content (AvgIpc) is 3.08. The molecule has 0 aromatic heterocycles. The van der Waals surface area contributed by atoms with Gasteiger partial charge in [0, 0.05) is 25.0 Å². The number of carbonyl (C=O) groups excluding carboxylic acids is 1. The molecule has 110 valence electrons. The zero-order valence-corrected chi connectivity index (χ0v) is 12.5. The van der Waals surface area contributed by atoms with Crippen LogP contribution in [-0.2, 0) is 4.79 Å². The van der Waals surface area contributed by atoms with Gasteiger partial charge in [-0.05, 0) is 44.8 Å². The van der Waals surface area contributed by atoms with Crippen LogP contribution in [0.5, 0.6) is 0 Å². The fourth-order valence-electron chi connectivity index (χ4n) is 3.86. The van der Waals surface area contributed by atoms with Gasteiger partial charge < -0.3 is 10.6 Å². The standard InChI is InChI=1S/C15H29N3O/c1-3-17(4-2)13-8-9-18(11-13)15(19)14-7-5-6-12(14)10-16/h12-14H,3-11,16H2,1-2H3. The molecule has 0 spiro atoms. The molecule has 2 aliphatic rings. The summed E-state index contributed by atoms with van der Waals surface area (Å²) < 4.78 is 0. The fourth-order valence-corrected chi connectivity index (χ4v) is 3.86. The smallest absolute Gasteiger partial charge is 0.226 e. The summed E-state index contributed by atoms with van der Waals surface area (Å²) in [5.74, 6) is 1.02. The fraction of sp³-hybridized carbons (Fsp3) is 0.933. The van der Waals surface area contributed by atoms with Gasteiger partial charge in [-0.1, -0.05) is 20.3 Å². The van der Waals surface area contributed by atoms with Crippen molar-refractivity contribution in [1.29, 1.82) is 0 Å². The number of nitrogens with two attached hydrogens (primary N) is 1. The molecule has 1 aliphatic heterocycles. The zero-order valence-electron chi connectivity index (χ0n) is 12.5. The summed E-state index contributed by atoms with van der Waals surface area (Å²) in [5.41, 5.74) is 5.80. The van der Waals surface area contributed by atoms with Crippen LogP contribution in [0.3, 0.4) is 0 Å². The number of hydrogen-bond donors (Lipinski definition) is 1. The number of nitrogens with zero attached hydrogens (tertiary/aromatic N) is 2. The van der Waals surface area contributed by atoms with Gasteiger partial charge in [-0.3, -0.25) is 9.69 Å². The molecule has 1 aliphatic carbocycles. The molecule has 0 bridgehead atoms. The van der Waals surface area contributed by atoms with Crippen LogP contribution in [0.4, 0.5) is 0 Å². The summed E-state index contributed by atoms with van der Waals surface area (Å²) in [5, 5.41) is 0. The van der Waals surface area contributed by atoms with Crippen LogP contribution < -0.4 is 5.73 Å². The quantitative estimate of drug-likeness (QED) is 0.817. The average molecular weight is 267 g/mol. The Kier molecular flexibility index (Phi) is 5.22. The Labute approximate surface area is 117 Å². The number of likely N-dealkylation sites (N-methyl/N-ethyl adjacent to an activating group) is 1. The van der Waals surface area contributed by atoms with Gasteiger partial charge >= 0.3 is 0 Å². The third-order valence-electron chi connectivity index (χ3n) is 5.08. The molecule has 2 N–H and O–H groups in total. The third-order valence-corrected chi connectivity index (χ3v) is 5.08. The molecule has 1 saturated carbocycles. The van der Waals surface area contributed by atoms with Crippen molar-refractivity contribution < 1.29 is 4.79 Å². The van der Waals surface area contributed by atoms with Gasteiger partial charge in [0.2, 0.25) is 5.91 Å². The molecule has 3 unspecified atom stereocenters. The summed E-state index contributed by atoms with van der Waals surface area (Å²) in [6.45, 7) is 9.10. The van der Waals surface area contributed by atoms with E-state index in [0.29, 0.717) is 24.4 Å². The first-order valence-corrected chi connectivity index (χ1v) is 7.94. The molecular weight excluding hydrogens is 238 g/mol. The predicted octanol–water partition coefficient (Wildman–Crippen LogP) is 1.30. The van der Waals surface area contributed by atoms with Crippen LogP contribution in [0.25, 0.3) is 0 Å². The third kappa shape index (κ3) is 3.11. The Balaban J connectivity index is 1.91. The molecule has 3 atom stereocenters. The van der Waals surface area contributed by atoms with E-state index in [-0.39, 0.29) is 5.92 Å². The van der Waals surface area contributed by atoms with Gasteiger partial charge in [-0.25, -0.2) is 0 Å². The van der Waals surface area contributed by atoms with Crippen LogP contribution >= 0.6 is 0 Å². The molecule has 2 rings (SSSR count). The molecule has 0 aromatic rings. The number of carbonyl (C=O) groups is 1. The Morgan fingerprint density at radius 1 is 1.26 bits per heavy atom. The van der Waals surface area contributed by atoms with Crippen LogP contribution in [0, 0.1) is 11.8 Å². The Morgan fingerprint density at radius 3 is 2.63 bits per heavy atom. The molecule has 1 heterocycles. The van der Waals surface area contributed by atoms with Crippen molar-refractivity contribution in [2.75, 3.05) is 32.7 Å². The first-order chi connectivity index (χ1) is 9.21. The molecule has 2 fully saturated rings. The molecular formula is C15H29N3O. The molecule has 0 aromatic carbocycles. The molecule has 1 saturated heterocycles. The van der Waals surface area contributed by atoms with Crippen LogP contribution in [0.15, 0.2) is 0 Å². The summed E-state index contributed by atoms with van der Waals surface area (Å²) in [6.07, 6.45) is 4.49. The molecule has 19 heavy (non-hydrogen) atoms. The van der Waals surface area contributed by atoms with Gasteiger partial charge in [0.1, 0.15) is 0 Å². The van der Waals surface area contributed by atoms with E-state index in [2.05, 4.69) is 23.6 Å². The first kappa shape index (κ1) is 14.8. The number of rotatable bonds is 5. The van der Waals surface area contributed by atoms with E-state index in [1.54, 1.807) is 0 Å². The molecule has 4 heteroatoms. The van der Waals surface area contributed by atoms with Crippen molar-refractivity contribution in [3.8, 4) is 0 Å². The predicted molar refractivity (Wildman–Crippen MR) is 77.8 cm³/mol. The lowest BCUT2D eigenvalue weighted by atomic mass is 9.95. The van der Waals surface area contributed by atoms with E-state index in [1.165, 1.54) is 6.42 Å². The van der Waals surface area contributed by atoms with E-state index in [0.717, 1.165) is 45.4 Å². The normalized spacial score (nSPS) is 31.4. The second-order valence-corrected chi connectivity index (χ2v) is 5.98. The van der Waals surface area contributed by atoms with E-state index in [1.807, 2.05) is 0 Å². The minimum absolute atomic E-state index is 0.209. The highest BCUT2D eigenvalue weighted by atomic mass is 16.2. The Hall–Kier alpha value is -0.610. The largest absolute Gasteiger partial charge is 0.341 e. The van der Waals surface area contributed by atoms with Crippen molar-refractivity contribution in [2.24, 2.45) is 17.6 Å². The monoisotopic (exact) mass is 267 g/mol. The maximum Gasteiger partial charge on any atom is 0.226 e. The van der Waals surface area contributed by atoms with Crippen LogP contribution in [-0.4, -0.2) is 54.5 Å². The molecule has 0 radical (unpaired) electrons. The number of amides is 1. The van der Waals surface area contributed by atoms with E-state index < -0.39 is 0 Å². The van der Waals surface area contributed by atoms with Gasteiger partial charge in [-0.15, -0.1) is 0 Å². The van der Waals surface area contributed by atoms with Crippen molar-refractivity contribution in [3.05, 3.63) is 0 Å². The highest BCUT2D eigenvalue weighted by Crippen LogP contribution is 2.33. The number of hydrogen-bond acceptors (Lipinski definition) is 3. The Bertz CT molecular complexity index is 304. The topological polar surface area (TPSA) is 49.6 Å². The summed E-state index contributed by atoms with van der Waals surface area (Å²) in [6, 6.07) is 0.566. The SMILES string of the molecule is CCN(CC)C1CCN(C(=O)C2CCCC2CN)C1. The van der Waals surface area contributed by atoms with Crippen molar-refractivity contribution in [1.82, 2.24) is 9.80 Å². The maximum absolute atomic E-state index is 12.6. The maximum atomic E-state index is 12.6. The van der Waals surface area contributed by atoms with E-state index in [4.69, 9.17) is 5.73 Å². The van der Waals surface area contributed by atoms with Crippen LogP contribution in [0.1, 0.15) is 39.5 Å². The van der Waals surface area contributed by atoms with Gasteiger partial charge in [0.15, 0.2) is 0 Å². The Morgan fingerprint density at radius 2 is 2.00 bits per heavy atom. The van der Waals surface area contributed by atoms with E-state index >= 15 is 0 Å². The molecule has 4 nitrogen and oxygen atoms in total. The van der Waals surface area contributed by atoms with Crippen molar-refractivity contribution >= 4 is 5.91 Å². The zero-order chi connectivity index (χ0) is 13.8. The summed E-state index contributed by atoms with van der Waals surface area (Å²) in [4.78, 5) is 17.2. The number of likely N-dealkylation sites (tertiary alicyclic amines) is 1. The van der Waals surface area contributed by atoms with Crippen molar-refractivity contribution in [2.45, 2.75) is 45.6 Å². The van der Waals surface area contributed by atoms with E-state index in [9.17, 15) is 4.79 Å². The second-order valence-electron chi connectivity index (χ2n) is 5.98.